The molecule has 0 fully saturated rings. The van der Waals surface area contributed by atoms with Crippen molar-refractivity contribution < 1.29 is 4.39 Å². The predicted octanol–water partition coefficient (Wildman–Crippen LogP) is 2.17. The second-order valence-corrected chi connectivity index (χ2v) is 4.49. The van der Waals surface area contributed by atoms with Crippen molar-refractivity contribution in [3.8, 4) is 0 Å². The van der Waals surface area contributed by atoms with Crippen LogP contribution in [-0.2, 0) is 6.54 Å². The predicted molar refractivity (Wildman–Crippen MR) is 75.9 cm³/mol. The maximum absolute atomic E-state index is 14.0. The number of nitrogen functional groups attached to an aromatic ring is 1. The van der Waals surface area contributed by atoms with E-state index in [9.17, 15) is 9.18 Å². The van der Waals surface area contributed by atoms with Crippen LogP contribution in [0.2, 0.25) is 0 Å². The number of aromatic nitrogens is 2. The fourth-order valence-corrected chi connectivity index (χ4v) is 2.17. The van der Waals surface area contributed by atoms with E-state index in [1.807, 2.05) is 12.1 Å². The van der Waals surface area contributed by atoms with E-state index in [0.29, 0.717) is 16.6 Å². The number of hydrogen-bond donors (Lipinski definition) is 1. The van der Waals surface area contributed by atoms with Gasteiger partial charge in [0.05, 0.1) is 29.5 Å². The Hall–Kier alpha value is -2.69. The summed E-state index contributed by atoms with van der Waals surface area (Å²) in [5.41, 5.74) is 7.09. The number of para-hydroxylation sites is 2. The number of nitrogens with two attached hydrogens (primary N) is 1. The molecule has 3 aromatic rings. The van der Waals surface area contributed by atoms with Crippen LogP contribution in [0.4, 0.5) is 10.1 Å². The maximum Gasteiger partial charge on any atom is 0.269 e. The SMILES string of the molecule is Nc1cccc(Cn2c(=O)cnc3ccccc32)c1F. The lowest BCUT2D eigenvalue weighted by Crippen LogP contribution is -2.21. The topological polar surface area (TPSA) is 60.9 Å². The summed E-state index contributed by atoms with van der Waals surface area (Å²) in [4.78, 5) is 16.1. The molecule has 0 spiro atoms. The Morgan fingerprint density at radius 3 is 2.80 bits per heavy atom. The fourth-order valence-electron chi connectivity index (χ4n) is 2.17. The fraction of sp³-hybridized carbons (Fsp3) is 0.0667. The third-order valence-corrected chi connectivity index (χ3v) is 3.19. The van der Waals surface area contributed by atoms with Crippen molar-refractivity contribution >= 4 is 16.7 Å². The molecule has 5 heteroatoms. The highest BCUT2D eigenvalue weighted by molar-refractivity contribution is 5.74. The Balaban J connectivity index is 2.18. The van der Waals surface area contributed by atoms with Gasteiger partial charge in [0.25, 0.3) is 5.56 Å². The van der Waals surface area contributed by atoms with Crippen LogP contribution in [0.5, 0.6) is 0 Å². The third kappa shape index (κ3) is 2.03. The van der Waals surface area contributed by atoms with Gasteiger partial charge in [-0.15, -0.1) is 0 Å². The quantitative estimate of drug-likeness (QED) is 0.725. The third-order valence-electron chi connectivity index (χ3n) is 3.19. The largest absolute Gasteiger partial charge is 0.396 e. The molecule has 0 saturated carbocycles. The summed E-state index contributed by atoms with van der Waals surface area (Å²) in [6.45, 7) is 0.124. The lowest BCUT2D eigenvalue weighted by Gasteiger charge is -2.10. The smallest absolute Gasteiger partial charge is 0.269 e. The number of anilines is 1. The lowest BCUT2D eigenvalue weighted by molar-refractivity contribution is 0.603. The van der Waals surface area contributed by atoms with E-state index in [1.54, 1.807) is 24.3 Å². The highest BCUT2D eigenvalue weighted by Gasteiger charge is 2.09. The molecule has 2 N–H and O–H groups in total. The van der Waals surface area contributed by atoms with Crippen LogP contribution in [0.1, 0.15) is 5.56 Å². The monoisotopic (exact) mass is 269 g/mol. The van der Waals surface area contributed by atoms with Gasteiger partial charge >= 0.3 is 0 Å². The standard InChI is InChI=1S/C15H12FN3O/c16-15-10(4-3-5-11(15)17)9-19-13-7-2-1-6-12(13)18-8-14(19)20/h1-8H,9,17H2. The minimum Gasteiger partial charge on any atom is -0.396 e. The number of benzene rings is 2. The molecule has 0 aliphatic rings. The molecule has 1 aromatic heterocycles. The summed E-state index contributed by atoms with van der Waals surface area (Å²) >= 11 is 0. The molecule has 0 aliphatic carbocycles. The Morgan fingerprint density at radius 1 is 1.15 bits per heavy atom. The first-order valence-electron chi connectivity index (χ1n) is 6.14. The summed E-state index contributed by atoms with van der Waals surface area (Å²) in [5.74, 6) is -0.486. The molecule has 0 saturated heterocycles. The van der Waals surface area contributed by atoms with Crippen molar-refractivity contribution in [2.24, 2.45) is 0 Å². The molecular weight excluding hydrogens is 257 g/mol. The van der Waals surface area contributed by atoms with Crippen molar-refractivity contribution in [1.82, 2.24) is 9.55 Å². The van der Waals surface area contributed by atoms with Crippen LogP contribution in [0.15, 0.2) is 53.5 Å². The van der Waals surface area contributed by atoms with Gasteiger partial charge in [0.1, 0.15) is 0 Å². The Morgan fingerprint density at radius 2 is 1.95 bits per heavy atom. The molecule has 0 atom stereocenters. The van der Waals surface area contributed by atoms with Gasteiger partial charge in [-0.3, -0.25) is 4.79 Å². The van der Waals surface area contributed by atoms with E-state index in [-0.39, 0.29) is 17.8 Å². The van der Waals surface area contributed by atoms with Gasteiger partial charge < -0.3 is 10.3 Å². The van der Waals surface area contributed by atoms with Crippen LogP contribution in [-0.4, -0.2) is 9.55 Å². The lowest BCUT2D eigenvalue weighted by atomic mass is 10.1. The van der Waals surface area contributed by atoms with Crippen molar-refractivity contribution in [1.29, 1.82) is 0 Å². The molecule has 0 bridgehead atoms. The average Bonchev–Trinajstić information content (AvgIpc) is 2.46. The first-order valence-corrected chi connectivity index (χ1v) is 6.14. The molecule has 1 heterocycles. The molecule has 4 nitrogen and oxygen atoms in total. The van der Waals surface area contributed by atoms with E-state index in [4.69, 9.17) is 5.73 Å². The maximum atomic E-state index is 14.0. The Bertz CT molecular complexity index is 842. The molecule has 0 amide bonds. The summed E-state index contributed by atoms with van der Waals surface area (Å²) in [5, 5.41) is 0. The van der Waals surface area contributed by atoms with Crippen LogP contribution >= 0.6 is 0 Å². The highest BCUT2D eigenvalue weighted by Crippen LogP contribution is 2.17. The van der Waals surface area contributed by atoms with E-state index in [2.05, 4.69) is 4.98 Å². The van der Waals surface area contributed by atoms with Crippen molar-refractivity contribution in [2.45, 2.75) is 6.54 Å². The minimum absolute atomic E-state index is 0.0777. The van der Waals surface area contributed by atoms with Crippen LogP contribution in [0, 0.1) is 5.82 Å². The van der Waals surface area contributed by atoms with Gasteiger partial charge in [-0.25, -0.2) is 9.37 Å². The number of hydrogen-bond acceptors (Lipinski definition) is 3. The molecule has 20 heavy (non-hydrogen) atoms. The van der Waals surface area contributed by atoms with E-state index in [0.717, 1.165) is 0 Å². The normalized spacial score (nSPS) is 10.8. The first kappa shape index (κ1) is 12.3. The Kier molecular flexibility index (Phi) is 2.95. The minimum atomic E-state index is -0.486. The van der Waals surface area contributed by atoms with Crippen molar-refractivity contribution in [2.75, 3.05) is 5.73 Å². The molecule has 2 aromatic carbocycles. The number of rotatable bonds is 2. The van der Waals surface area contributed by atoms with E-state index in [1.165, 1.54) is 16.8 Å². The zero-order valence-corrected chi connectivity index (χ0v) is 10.6. The van der Waals surface area contributed by atoms with Gasteiger partial charge in [0.2, 0.25) is 0 Å². The first-order chi connectivity index (χ1) is 9.66. The number of halogens is 1. The van der Waals surface area contributed by atoms with Gasteiger partial charge in [-0.1, -0.05) is 24.3 Å². The van der Waals surface area contributed by atoms with Gasteiger partial charge in [-0.2, -0.15) is 0 Å². The van der Waals surface area contributed by atoms with Crippen LogP contribution in [0.3, 0.4) is 0 Å². The zero-order valence-electron chi connectivity index (χ0n) is 10.6. The molecule has 0 unspecified atom stereocenters. The molecule has 0 radical (unpaired) electrons. The number of nitrogens with zero attached hydrogens (tertiary/aromatic N) is 2. The summed E-state index contributed by atoms with van der Waals surface area (Å²) < 4.78 is 15.4. The number of fused-ring (bicyclic) bond motifs is 1. The zero-order chi connectivity index (χ0) is 14.1. The van der Waals surface area contributed by atoms with Crippen LogP contribution < -0.4 is 11.3 Å². The molecule has 3 rings (SSSR count). The molecule has 100 valence electrons. The Labute approximate surface area is 114 Å². The highest BCUT2D eigenvalue weighted by atomic mass is 19.1. The second kappa shape index (κ2) is 4.77. The van der Waals surface area contributed by atoms with Crippen molar-refractivity contribution in [3.63, 3.8) is 0 Å². The summed E-state index contributed by atoms with van der Waals surface area (Å²) in [6, 6.07) is 12.0. The second-order valence-electron chi connectivity index (χ2n) is 4.49. The van der Waals surface area contributed by atoms with Crippen LogP contribution in [0.25, 0.3) is 11.0 Å². The van der Waals surface area contributed by atoms with Gasteiger partial charge in [0.15, 0.2) is 5.82 Å². The van der Waals surface area contributed by atoms with Crippen molar-refractivity contribution in [3.05, 3.63) is 70.4 Å². The van der Waals surface area contributed by atoms with E-state index < -0.39 is 5.82 Å². The van der Waals surface area contributed by atoms with Gasteiger partial charge in [0, 0.05) is 5.56 Å². The summed E-state index contributed by atoms with van der Waals surface area (Å²) in [7, 11) is 0. The summed E-state index contributed by atoms with van der Waals surface area (Å²) in [6.07, 6.45) is 1.24. The average molecular weight is 269 g/mol. The van der Waals surface area contributed by atoms with Gasteiger partial charge in [-0.05, 0) is 18.2 Å². The van der Waals surface area contributed by atoms with E-state index >= 15 is 0 Å². The molecular formula is C15H12FN3O. The molecule has 0 aliphatic heterocycles.